The molecule has 0 aliphatic carbocycles. The van der Waals surface area contributed by atoms with Crippen molar-refractivity contribution in [3.8, 4) is 0 Å². The van der Waals surface area contributed by atoms with E-state index >= 15 is 0 Å². The average molecular weight is 495 g/mol. The third-order valence-corrected chi connectivity index (χ3v) is 8.35. The van der Waals surface area contributed by atoms with Gasteiger partial charge in [-0.3, -0.25) is 0 Å². The largest absolute Gasteiger partial charge is 0.251 e. The summed E-state index contributed by atoms with van der Waals surface area (Å²) < 4.78 is 0. The molecule has 0 bridgehead atoms. The highest BCUT2D eigenvalue weighted by atomic mass is 15.1. The van der Waals surface area contributed by atoms with E-state index in [1.165, 1.54) is 17.5 Å². The van der Waals surface area contributed by atoms with Crippen molar-refractivity contribution in [1.29, 1.82) is 0 Å². The van der Waals surface area contributed by atoms with Crippen LogP contribution in [0.1, 0.15) is 70.9 Å². The third-order valence-electron chi connectivity index (χ3n) is 8.35. The minimum Gasteiger partial charge on any atom is -0.0965 e. The van der Waals surface area contributed by atoms with E-state index in [9.17, 15) is 0 Å². The van der Waals surface area contributed by atoms with E-state index < -0.39 is 0 Å². The minimum absolute atomic E-state index is 0.168. The van der Waals surface area contributed by atoms with Crippen LogP contribution in [-0.2, 0) is 11.8 Å². The van der Waals surface area contributed by atoms with Crippen LogP contribution < -0.4 is 0 Å². The van der Waals surface area contributed by atoms with Gasteiger partial charge in [-0.25, -0.2) is 0 Å². The third kappa shape index (κ3) is 5.58. The van der Waals surface area contributed by atoms with Crippen LogP contribution in [0.2, 0.25) is 0 Å². The summed E-state index contributed by atoms with van der Waals surface area (Å²) in [6, 6.07) is 22.1. The highest BCUT2D eigenvalue weighted by Gasteiger charge is 2.61. The zero-order chi connectivity index (χ0) is 26.1. The lowest BCUT2D eigenvalue weighted by atomic mass is 9.52. The monoisotopic (exact) mass is 494 g/mol. The predicted octanol–water partition coefficient (Wildman–Crippen LogP) is 7.95. The van der Waals surface area contributed by atoms with Crippen molar-refractivity contribution >= 4 is 24.9 Å². The van der Waals surface area contributed by atoms with Crippen LogP contribution in [0, 0.1) is 36.0 Å². The van der Waals surface area contributed by atoms with Crippen molar-refractivity contribution in [2.75, 3.05) is 0 Å². The predicted molar refractivity (Wildman–Crippen MR) is 158 cm³/mol. The molecule has 0 spiro atoms. The molecule has 2 aliphatic rings. The molecule has 0 saturated carbocycles. The highest BCUT2D eigenvalue weighted by molar-refractivity contribution is 6.18. The molecule has 0 N–H and O–H groups in total. The van der Waals surface area contributed by atoms with Gasteiger partial charge in [0.1, 0.15) is 5.41 Å². The number of hydrogen-bond donors (Lipinski definition) is 0. The van der Waals surface area contributed by atoms with E-state index in [-0.39, 0.29) is 17.3 Å². The van der Waals surface area contributed by atoms with Gasteiger partial charge in [0.2, 0.25) is 6.17 Å². The zero-order valence-corrected chi connectivity index (χ0v) is 22.9. The highest BCUT2D eigenvalue weighted by Crippen LogP contribution is 2.58. The summed E-state index contributed by atoms with van der Waals surface area (Å²) in [6.45, 7) is 9.29. The van der Waals surface area contributed by atoms with Crippen molar-refractivity contribution in [2.24, 2.45) is 43.6 Å². The Bertz CT molecular complexity index is 1050. The molecule has 2 heterocycles. The second kappa shape index (κ2) is 12.9. The second-order valence-electron chi connectivity index (χ2n) is 10.5. The molecule has 0 amide bonds. The topological polar surface area (TPSA) is 49.4 Å². The summed E-state index contributed by atoms with van der Waals surface area (Å²) in [5.41, 5.74) is 2.37. The summed E-state index contributed by atoms with van der Waals surface area (Å²) in [5, 5.41) is 0. The fourth-order valence-corrected chi connectivity index (χ4v) is 6.94. The van der Waals surface area contributed by atoms with Gasteiger partial charge >= 0.3 is 0 Å². The molecule has 2 aliphatic heterocycles. The van der Waals surface area contributed by atoms with Gasteiger partial charge in [0.15, 0.2) is 24.9 Å². The molecule has 192 valence electrons. The maximum absolute atomic E-state index is 5.00. The quantitative estimate of drug-likeness (QED) is 0.239. The first-order chi connectivity index (χ1) is 18.2. The number of benzene rings is 2. The minimum atomic E-state index is -0.357. The molecule has 2 aromatic rings. The van der Waals surface area contributed by atoms with Crippen molar-refractivity contribution < 1.29 is 0 Å². The van der Waals surface area contributed by atoms with Crippen LogP contribution in [-0.4, -0.2) is 24.9 Å². The number of rotatable bonds is 14. The maximum atomic E-state index is 5.00. The second-order valence-corrected chi connectivity index (χ2v) is 10.5. The first kappa shape index (κ1) is 26.9. The summed E-state index contributed by atoms with van der Waals surface area (Å²) in [4.78, 5) is 19.4. The van der Waals surface area contributed by atoms with Crippen molar-refractivity contribution in [3.05, 3.63) is 84.1 Å². The van der Waals surface area contributed by atoms with Gasteiger partial charge in [-0.1, -0.05) is 127 Å². The first-order valence-electron chi connectivity index (χ1n) is 14.1. The fraction of sp³-hybridized carbons (Fsp3) is 0.455. The van der Waals surface area contributed by atoms with Crippen molar-refractivity contribution in [1.82, 2.24) is 0 Å². The van der Waals surface area contributed by atoms with Gasteiger partial charge in [-0.2, -0.15) is 0 Å². The van der Waals surface area contributed by atoms with E-state index in [4.69, 9.17) is 9.98 Å². The number of hydrogen-bond acceptors (Lipinski definition) is 4. The lowest BCUT2D eigenvalue weighted by Gasteiger charge is -2.49. The Morgan fingerprint density at radius 3 is 1.84 bits per heavy atom. The van der Waals surface area contributed by atoms with Crippen molar-refractivity contribution in [3.63, 3.8) is 0 Å². The lowest BCUT2D eigenvalue weighted by Crippen LogP contribution is -2.52. The van der Waals surface area contributed by atoms with Crippen LogP contribution >= 0.6 is 0 Å². The Morgan fingerprint density at radius 2 is 1.27 bits per heavy atom. The average Bonchev–Trinajstić information content (AvgIpc) is 3.67. The van der Waals surface area contributed by atoms with Crippen LogP contribution in [0.3, 0.4) is 0 Å². The Labute approximate surface area is 224 Å². The van der Waals surface area contributed by atoms with Crippen LogP contribution in [0.4, 0.5) is 0 Å². The standard InChI is InChI=1S/C33H42N4/c1-5-14-27(24-26-16-10-8-11-17-26)29(7-3)33(32-36-22-23-37-32,28-18-12-9-13-19-28)30(15-6-2)25(4)31-34-20-21-35-31/h8-13,16-23,25,27,29-30H,5-7,14-15,24H2,1-4H3/q+2. The van der Waals surface area contributed by atoms with E-state index in [1.807, 2.05) is 24.9 Å². The molecule has 5 atom stereocenters. The number of nitrogens with zero attached hydrogens (tertiary/aromatic N) is 4. The molecule has 2 aromatic carbocycles. The zero-order valence-electron chi connectivity index (χ0n) is 22.9. The van der Waals surface area contributed by atoms with Gasteiger partial charge in [-0.15, -0.1) is 0 Å². The van der Waals surface area contributed by atoms with E-state index in [0.717, 1.165) is 44.4 Å². The summed E-state index contributed by atoms with van der Waals surface area (Å²) in [5.74, 6) is 1.26. The molecule has 37 heavy (non-hydrogen) atoms. The van der Waals surface area contributed by atoms with Crippen molar-refractivity contribution in [2.45, 2.75) is 71.6 Å². The molecule has 5 unspecified atom stereocenters. The summed E-state index contributed by atoms with van der Waals surface area (Å²) in [6.07, 6.45) is 15.8. The summed E-state index contributed by atoms with van der Waals surface area (Å²) >= 11 is 0. The van der Waals surface area contributed by atoms with Gasteiger partial charge in [0, 0.05) is 5.92 Å². The maximum Gasteiger partial charge on any atom is 0.251 e. The molecule has 0 radical (unpaired) electrons. The lowest BCUT2D eigenvalue weighted by molar-refractivity contribution is 0.0749. The summed E-state index contributed by atoms with van der Waals surface area (Å²) in [7, 11) is 0. The molecule has 4 heteroatoms. The Morgan fingerprint density at radius 1 is 0.703 bits per heavy atom. The smallest absolute Gasteiger partial charge is 0.0965 e. The van der Waals surface area contributed by atoms with E-state index in [2.05, 4.69) is 98.3 Å². The molecule has 0 fully saturated rings. The van der Waals surface area contributed by atoms with Gasteiger partial charge < -0.3 is 0 Å². The van der Waals surface area contributed by atoms with Crippen LogP contribution in [0.5, 0.6) is 0 Å². The Balaban J connectivity index is 1.93. The molecular formula is C33H42N4+2. The molecule has 0 aromatic heterocycles. The molecule has 4 nitrogen and oxygen atoms in total. The Hall–Kier alpha value is -3.14. The SMILES string of the molecule is CCCC(Cc1ccccc1)C(CC)C(c1ccccc1)([C+]1N=CC=N1)C(CCC)C(C)[C+]1N=CC=N1. The van der Waals surface area contributed by atoms with Crippen LogP contribution in [0.25, 0.3) is 0 Å². The molecule has 4 rings (SSSR count). The first-order valence-corrected chi connectivity index (χ1v) is 14.1. The number of aliphatic imine (C=N–C) groups is 4. The Kier molecular flexibility index (Phi) is 9.38. The van der Waals surface area contributed by atoms with Gasteiger partial charge in [0.05, 0.1) is 5.92 Å². The van der Waals surface area contributed by atoms with Gasteiger partial charge in [0.25, 0.3) is 6.17 Å². The molecular weight excluding hydrogens is 452 g/mol. The van der Waals surface area contributed by atoms with Gasteiger partial charge in [-0.05, 0) is 42.7 Å². The van der Waals surface area contributed by atoms with E-state index in [1.54, 1.807) is 0 Å². The fourth-order valence-electron chi connectivity index (χ4n) is 6.94. The van der Waals surface area contributed by atoms with Crippen LogP contribution in [0.15, 0.2) is 80.6 Å². The van der Waals surface area contributed by atoms with E-state index in [0.29, 0.717) is 11.8 Å². The normalized spacial score (nSPS) is 19.2. The molecule has 0 saturated heterocycles.